The molecule has 0 N–H and O–H groups in total. The lowest BCUT2D eigenvalue weighted by Crippen LogP contribution is -2.51. The molecule has 154 valence electrons. The third kappa shape index (κ3) is 3.14. The summed E-state index contributed by atoms with van der Waals surface area (Å²) in [6, 6.07) is 2.44. The minimum Gasteiger partial charge on any atom is -0.486 e. The highest BCUT2D eigenvalue weighted by Crippen LogP contribution is 2.60. The van der Waals surface area contributed by atoms with E-state index in [2.05, 4.69) is 0 Å². The molecule has 4 bridgehead atoms. The molecule has 0 amide bonds. The number of nitrogens with zero attached hydrogens (tertiary/aromatic N) is 1. The van der Waals surface area contributed by atoms with Gasteiger partial charge in [-0.3, -0.25) is 14.9 Å². The van der Waals surface area contributed by atoms with Crippen LogP contribution in [0.3, 0.4) is 0 Å². The molecule has 0 saturated heterocycles. The van der Waals surface area contributed by atoms with E-state index in [1.54, 1.807) is 0 Å². The van der Waals surface area contributed by atoms with Gasteiger partial charge in [0, 0.05) is 11.5 Å². The van der Waals surface area contributed by atoms with Crippen molar-refractivity contribution in [3.05, 3.63) is 27.8 Å². The summed E-state index contributed by atoms with van der Waals surface area (Å²) in [6.07, 6.45) is 6.32. The molecule has 4 aliphatic carbocycles. The van der Waals surface area contributed by atoms with Gasteiger partial charge in [0.25, 0.3) is 5.69 Å². The largest absolute Gasteiger partial charge is 0.486 e. The van der Waals surface area contributed by atoms with Crippen LogP contribution < -0.4 is 9.47 Å². The molecule has 4 saturated carbocycles. The van der Waals surface area contributed by atoms with Crippen LogP contribution in [-0.2, 0) is 9.53 Å². The van der Waals surface area contributed by atoms with E-state index in [4.69, 9.17) is 14.2 Å². The molecule has 0 aromatic heterocycles. The first-order valence-electron chi connectivity index (χ1n) is 10.2. The summed E-state index contributed by atoms with van der Waals surface area (Å²) in [4.78, 5) is 36.4. The van der Waals surface area contributed by atoms with Crippen molar-refractivity contribution in [3.8, 4) is 11.5 Å². The van der Waals surface area contributed by atoms with E-state index in [1.165, 1.54) is 31.4 Å². The fourth-order valence-electron chi connectivity index (χ4n) is 6.21. The molecule has 8 nitrogen and oxygen atoms in total. The Balaban J connectivity index is 1.32. The Labute approximate surface area is 167 Å². The van der Waals surface area contributed by atoms with Crippen molar-refractivity contribution in [3.63, 3.8) is 0 Å². The monoisotopic (exact) mass is 401 g/mol. The smallest absolute Gasteiger partial charge is 0.345 e. The molecular weight excluding hydrogens is 378 g/mol. The van der Waals surface area contributed by atoms with Gasteiger partial charge in [-0.15, -0.1) is 0 Å². The Bertz CT molecular complexity index is 858. The molecule has 29 heavy (non-hydrogen) atoms. The zero-order valence-electron chi connectivity index (χ0n) is 16.1. The van der Waals surface area contributed by atoms with Crippen LogP contribution in [0.4, 0.5) is 5.69 Å². The van der Waals surface area contributed by atoms with E-state index < -0.39 is 16.6 Å². The van der Waals surface area contributed by atoms with Crippen LogP contribution in [0, 0.1) is 33.3 Å². The molecule has 1 aromatic carbocycles. The predicted octanol–water partition coefficient (Wildman–Crippen LogP) is 3.31. The molecule has 0 spiro atoms. The van der Waals surface area contributed by atoms with Gasteiger partial charge in [-0.25, -0.2) is 4.79 Å². The van der Waals surface area contributed by atoms with Crippen LogP contribution >= 0.6 is 0 Å². The van der Waals surface area contributed by atoms with Crippen LogP contribution in [0.2, 0.25) is 0 Å². The second-order valence-corrected chi connectivity index (χ2v) is 8.97. The van der Waals surface area contributed by atoms with Gasteiger partial charge in [-0.05, 0) is 56.3 Å². The summed E-state index contributed by atoms with van der Waals surface area (Å²) in [5, 5.41) is 11.4. The summed E-state index contributed by atoms with van der Waals surface area (Å²) in [7, 11) is 0. The van der Waals surface area contributed by atoms with Crippen molar-refractivity contribution in [1.29, 1.82) is 0 Å². The molecule has 8 heteroatoms. The average molecular weight is 401 g/mol. The summed E-state index contributed by atoms with van der Waals surface area (Å²) in [5.74, 6) is 1.40. The number of benzene rings is 1. The highest BCUT2D eigenvalue weighted by Gasteiger charge is 2.54. The van der Waals surface area contributed by atoms with Gasteiger partial charge in [0.1, 0.15) is 18.8 Å². The molecule has 0 atom stereocenters. The third-order valence-corrected chi connectivity index (χ3v) is 7.04. The van der Waals surface area contributed by atoms with Gasteiger partial charge in [-0.1, -0.05) is 0 Å². The Morgan fingerprint density at radius 3 is 2.14 bits per heavy atom. The second kappa shape index (κ2) is 6.71. The molecule has 1 aliphatic heterocycles. The number of nitro groups is 1. The fraction of sp³-hybridized carbons (Fsp3) is 0.619. The first kappa shape index (κ1) is 18.4. The number of esters is 1. The van der Waals surface area contributed by atoms with Crippen molar-refractivity contribution in [2.24, 2.45) is 23.2 Å². The quantitative estimate of drug-likeness (QED) is 0.423. The molecule has 1 aromatic rings. The molecule has 1 heterocycles. The Kier molecular flexibility index (Phi) is 4.26. The average Bonchev–Trinajstić information content (AvgIpc) is 2.69. The van der Waals surface area contributed by atoms with Crippen molar-refractivity contribution < 1.29 is 28.7 Å². The van der Waals surface area contributed by atoms with Crippen molar-refractivity contribution >= 4 is 17.4 Å². The van der Waals surface area contributed by atoms with E-state index in [0.29, 0.717) is 24.4 Å². The maximum Gasteiger partial charge on any atom is 0.345 e. The van der Waals surface area contributed by atoms with Crippen LogP contribution in [0.1, 0.15) is 48.9 Å². The maximum atomic E-state index is 13.0. The zero-order chi connectivity index (χ0) is 20.2. The van der Waals surface area contributed by atoms with E-state index in [1.807, 2.05) is 0 Å². The second-order valence-electron chi connectivity index (χ2n) is 8.97. The molecule has 0 radical (unpaired) electrons. The third-order valence-electron chi connectivity index (χ3n) is 7.04. The SMILES string of the molecule is O=C(OCC(=O)C12CC3CC(CC(C3)C1)C2)c1cc2c(cc1[N+](=O)[O-])OCCO2. The lowest BCUT2D eigenvalue weighted by molar-refractivity contribution is -0.385. The zero-order valence-corrected chi connectivity index (χ0v) is 16.1. The topological polar surface area (TPSA) is 105 Å². The summed E-state index contributed by atoms with van der Waals surface area (Å²) in [5.41, 5.74) is -1.01. The highest BCUT2D eigenvalue weighted by molar-refractivity contribution is 5.97. The predicted molar refractivity (Wildman–Crippen MR) is 100.0 cm³/mol. The molecule has 0 unspecified atom stereocenters. The van der Waals surface area contributed by atoms with E-state index in [9.17, 15) is 19.7 Å². The number of carbonyl (C=O) groups excluding carboxylic acids is 2. The Morgan fingerprint density at radius 2 is 1.59 bits per heavy atom. The number of rotatable bonds is 5. The Morgan fingerprint density at radius 1 is 1.03 bits per heavy atom. The van der Waals surface area contributed by atoms with E-state index in [0.717, 1.165) is 19.3 Å². The molecule has 4 fully saturated rings. The van der Waals surface area contributed by atoms with Gasteiger partial charge >= 0.3 is 5.97 Å². The molecular formula is C21H23NO7. The lowest BCUT2D eigenvalue weighted by atomic mass is 9.48. The number of carbonyl (C=O) groups is 2. The van der Waals surface area contributed by atoms with Crippen LogP contribution in [-0.4, -0.2) is 36.5 Å². The number of nitro benzene ring substituents is 1. The minimum atomic E-state index is -0.883. The highest BCUT2D eigenvalue weighted by atomic mass is 16.6. The van der Waals surface area contributed by atoms with E-state index >= 15 is 0 Å². The number of Topliss-reactive ketones (excluding diaryl/α,β-unsaturated/α-hetero) is 1. The van der Waals surface area contributed by atoms with Gasteiger partial charge in [0.05, 0.1) is 11.0 Å². The summed E-state index contributed by atoms with van der Waals surface area (Å²) in [6.45, 7) is 0.244. The fourth-order valence-corrected chi connectivity index (χ4v) is 6.21. The van der Waals surface area contributed by atoms with Gasteiger partial charge in [0.2, 0.25) is 0 Å². The van der Waals surface area contributed by atoms with Crippen LogP contribution in [0.5, 0.6) is 11.5 Å². The first-order valence-corrected chi connectivity index (χ1v) is 10.2. The van der Waals surface area contributed by atoms with Gasteiger partial charge in [-0.2, -0.15) is 0 Å². The van der Waals surface area contributed by atoms with Crippen molar-refractivity contribution in [2.75, 3.05) is 19.8 Å². The number of hydrogen-bond donors (Lipinski definition) is 0. The standard InChI is InChI=1S/C21H23NO7/c23-19(21-8-12-3-13(9-21)5-14(4-12)10-21)11-29-20(24)15-6-17-18(28-2-1-27-17)7-16(15)22(25)26/h6-7,12-14H,1-5,8-11H2. The normalized spacial score (nSPS) is 31.4. The van der Waals surface area contributed by atoms with Gasteiger partial charge < -0.3 is 14.2 Å². The molecule has 6 rings (SSSR count). The Hall–Kier alpha value is -2.64. The van der Waals surface area contributed by atoms with Gasteiger partial charge in [0.15, 0.2) is 23.9 Å². The van der Waals surface area contributed by atoms with E-state index in [-0.39, 0.29) is 41.5 Å². The minimum absolute atomic E-state index is 0.0369. The number of fused-ring (bicyclic) bond motifs is 1. The van der Waals surface area contributed by atoms with Crippen molar-refractivity contribution in [2.45, 2.75) is 38.5 Å². The number of ether oxygens (including phenoxy) is 3. The number of hydrogen-bond acceptors (Lipinski definition) is 7. The summed E-state index contributed by atoms with van der Waals surface area (Å²) >= 11 is 0. The maximum absolute atomic E-state index is 13.0. The van der Waals surface area contributed by atoms with Crippen LogP contribution in [0.15, 0.2) is 12.1 Å². The summed E-state index contributed by atoms with van der Waals surface area (Å²) < 4.78 is 16.0. The van der Waals surface area contributed by atoms with Crippen LogP contribution in [0.25, 0.3) is 0 Å². The number of ketones is 1. The molecule has 5 aliphatic rings. The lowest BCUT2D eigenvalue weighted by Gasteiger charge is -2.55. The van der Waals surface area contributed by atoms with Crippen molar-refractivity contribution in [1.82, 2.24) is 0 Å². The first-order chi connectivity index (χ1) is 13.9.